The van der Waals surface area contributed by atoms with Crippen LogP contribution in [-0.4, -0.2) is 15.0 Å². The Balaban J connectivity index is 0.00000205. The number of pyridine rings is 1. The van der Waals surface area contributed by atoms with E-state index in [0.29, 0.717) is 28.2 Å². The summed E-state index contributed by atoms with van der Waals surface area (Å²) in [5.41, 5.74) is 12.5. The third-order valence-corrected chi connectivity index (χ3v) is 7.06. The van der Waals surface area contributed by atoms with Gasteiger partial charge in [-0.05, 0) is 50.6 Å². The molecule has 5 nitrogen and oxygen atoms in total. The number of hydrogen-bond acceptors (Lipinski definition) is 5. The number of nitrogens with zero attached hydrogens (tertiary/aromatic N) is 2. The van der Waals surface area contributed by atoms with Gasteiger partial charge in [-0.25, -0.2) is 9.37 Å². The summed E-state index contributed by atoms with van der Waals surface area (Å²) in [6, 6.07) is 9.47. The van der Waals surface area contributed by atoms with E-state index in [-0.39, 0.29) is 12.2 Å². The van der Waals surface area contributed by atoms with E-state index in [4.69, 9.17) is 10.7 Å². The molecule has 0 saturated heterocycles. The van der Waals surface area contributed by atoms with Crippen LogP contribution in [0.5, 0.6) is 0 Å². The van der Waals surface area contributed by atoms with Crippen molar-refractivity contribution in [2.45, 2.75) is 40.0 Å². The zero-order valence-electron chi connectivity index (χ0n) is 22.6. The number of allylic oxidation sites excluding steroid dienone is 3. The molecule has 39 heavy (non-hydrogen) atoms. The zero-order chi connectivity index (χ0) is 28.5. The van der Waals surface area contributed by atoms with E-state index >= 15 is 4.39 Å². The Morgan fingerprint density at radius 3 is 2.64 bits per heavy atom. The lowest BCUT2D eigenvalue weighted by Crippen LogP contribution is -2.03. The summed E-state index contributed by atoms with van der Waals surface area (Å²) in [6.45, 7) is 14.0. The number of nitrogen functional groups attached to an aromatic ring is 1. The smallest absolute Gasteiger partial charge is 0.136 e. The number of rotatable bonds is 10. The van der Waals surface area contributed by atoms with Gasteiger partial charge in [-0.15, -0.1) is 24.2 Å². The highest BCUT2D eigenvalue weighted by Crippen LogP contribution is 2.33. The van der Waals surface area contributed by atoms with Crippen molar-refractivity contribution in [3.05, 3.63) is 112 Å². The van der Waals surface area contributed by atoms with Crippen LogP contribution in [0.2, 0.25) is 0 Å². The molecule has 4 aromatic rings. The number of aromatic nitrogens is 3. The second-order valence-electron chi connectivity index (χ2n) is 9.00. The predicted molar refractivity (Wildman–Crippen MR) is 164 cm³/mol. The van der Waals surface area contributed by atoms with Gasteiger partial charge in [-0.3, -0.25) is 4.98 Å². The quantitative estimate of drug-likeness (QED) is 0.108. The first kappa shape index (κ1) is 29.2. The van der Waals surface area contributed by atoms with Crippen molar-refractivity contribution in [3.63, 3.8) is 0 Å². The average molecular weight is 540 g/mol. The van der Waals surface area contributed by atoms with Crippen LogP contribution in [0, 0.1) is 32.5 Å². The van der Waals surface area contributed by atoms with Crippen LogP contribution in [0.25, 0.3) is 16.7 Å². The molecule has 0 amide bonds. The molecule has 0 aliphatic heterocycles. The molecule has 7 heteroatoms. The van der Waals surface area contributed by atoms with E-state index in [9.17, 15) is 0 Å². The van der Waals surface area contributed by atoms with Crippen molar-refractivity contribution in [2.24, 2.45) is 0 Å². The number of imidazole rings is 1. The van der Waals surface area contributed by atoms with Gasteiger partial charge >= 0.3 is 0 Å². The van der Waals surface area contributed by atoms with Crippen molar-refractivity contribution < 1.29 is 4.39 Å². The minimum atomic E-state index is -0.377. The minimum Gasteiger partial charge on any atom is -0.398 e. The Morgan fingerprint density at radius 2 is 1.97 bits per heavy atom. The highest BCUT2D eigenvalue weighted by atomic mass is 32.1. The predicted octanol–water partition coefficient (Wildman–Crippen LogP) is 8.05. The molecular weight excluding hydrogens is 505 g/mol. The van der Waals surface area contributed by atoms with Crippen LogP contribution >= 0.6 is 11.3 Å². The van der Waals surface area contributed by atoms with Crippen LogP contribution in [0.3, 0.4) is 0 Å². The molecule has 0 spiro atoms. The lowest BCUT2D eigenvalue weighted by molar-refractivity contribution is 0.617. The maximum Gasteiger partial charge on any atom is 0.136 e. The Bertz CT molecular complexity index is 1520. The summed E-state index contributed by atoms with van der Waals surface area (Å²) in [7, 11) is 0. The zero-order valence-corrected chi connectivity index (χ0v) is 23.5. The summed E-state index contributed by atoms with van der Waals surface area (Å²) in [5.74, 6) is 0.264. The summed E-state index contributed by atoms with van der Waals surface area (Å²) >= 11 is 1.70. The van der Waals surface area contributed by atoms with Gasteiger partial charge in [0.25, 0.3) is 0 Å². The standard InChI is InChI=1S/C30H32FN5S.C2H2/c1-6-8-18(3)34-22-14-21(16-33-17-22)23-11-12-26(32)25(29(23)31)15-28-35-20(5)30(36-28)24(9-7-2)27-13-10-19(4)37-27;1-2/h7,9-14,16-17,34H,2-3,6,8,15,32H2,1,4-5H3,(H,35,36);1-2H/b24-9-;. The topological polar surface area (TPSA) is 79.6 Å². The van der Waals surface area contributed by atoms with E-state index in [1.165, 1.54) is 4.88 Å². The van der Waals surface area contributed by atoms with Crippen molar-refractivity contribution in [1.29, 1.82) is 0 Å². The minimum absolute atomic E-state index is 0.232. The van der Waals surface area contributed by atoms with Gasteiger partial charge in [0.15, 0.2) is 0 Å². The Morgan fingerprint density at radius 1 is 1.21 bits per heavy atom. The largest absolute Gasteiger partial charge is 0.398 e. The number of hydrogen-bond donors (Lipinski definition) is 3. The number of halogens is 1. The van der Waals surface area contributed by atoms with Crippen LogP contribution in [0.1, 0.15) is 52.3 Å². The third-order valence-electron chi connectivity index (χ3n) is 6.03. The van der Waals surface area contributed by atoms with E-state index in [0.717, 1.165) is 46.1 Å². The first-order valence-electron chi connectivity index (χ1n) is 12.6. The summed E-state index contributed by atoms with van der Waals surface area (Å²) in [4.78, 5) is 14.8. The molecule has 0 bridgehead atoms. The molecule has 4 rings (SSSR count). The highest BCUT2D eigenvalue weighted by molar-refractivity contribution is 7.13. The molecular formula is C32H34FN5S. The molecule has 0 fully saturated rings. The van der Waals surface area contributed by atoms with Gasteiger partial charge < -0.3 is 16.0 Å². The summed E-state index contributed by atoms with van der Waals surface area (Å²) < 4.78 is 15.9. The fraction of sp³-hybridized carbons (Fsp3) is 0.188. The SMILES string of the molecule is C#C.C=C/C=C(/c1ccc(C)s1)c1nc(Cc2c(N)ccc(-c3cncc(NC(=C)CCC)c3)c2F)[nH]c1C. The Hall–Kier alpha value is -4.41. The van der Waals surface area contributed by atoms with Crippen LogP contribution in [0.4, 0.5) is 15.8 Å². The second kappa shape index (κ2) is 13.4. The van der Waals surface area contributed by atoms with Crippen LogP contribution < -0.4 is 11.1 Å². The number of anilines is 2. The van der Waals surface area contributed by atoms with Crippen LogP contribution in [0.15, 0.2) is 73.7 Å². The summed E-state index contributed by atoms with van der Waals surface area (Å²) in [5, 5.41) is 3.25. The van der Waals surface area contributed by atoms with Crippen molar-refractivity contribution in [1.82, 2.24) is 15.0 Å². The molecule has 0 atom stereocenters. The van der Waals surface area contributed by atoms with E-state index in [1.807, 2.05) is 19.1 Å². The van der Waals surface area contributed by atoms with Crippen molar-refractivity contribution in [3.8, 4) is 24.0 Å². The third kappa shape index (κ3) is 6.92. The number of terminal acetylenes is 1. The fourth-order valence-corrected chi connectivity index (χ4v) is 5.17. The van der Waals surface area contributed by atoms with Gasteiger partial charge in [-0.2, -0.15) is 0 Å². The normalized spacial score (nSPS) is 11.0. The van der Waals surface area contributed by atoms with E-state index in [1.54, 1.807) is 41.9 Å². The lowest BCUT2D eigenvalue weighted by atomic mass is 9.99. The highest BCUT2D eigenvalue weighted by Gasteiger charge is 2.19. The molecule has 3 heterocycles. The fourth-order valence-electron chi connectivity index (χ4n) is 4.27. The molecule has 0 saturated carbocycles. The molecule has 3 aromatic heterocycles. The van der Waals surface area contributed by atoms with E-state index < -0.39 is 0 Å². The number of nitrogens with two attached hydrogens (primary N) is 1. The number of thiophene rings is 1. The van der Waals surface area contributed by atoms with Gasteiger partial charge in [0, 0.05) is 61.7 Å². The number of aryl methyl sites for hydroxylation is 2. The number of aromatic amines is 1. The molecule has 0 aliphatic rings. The number of nitrogens with one attached hydrogen (secondary N) is 2. The van der Waals surface area contributed by atoms with Gasteiger partial charge in [0.1, 0.15) is 11.6 Å². The first-order valence-corrected chi connectivity index (χ1v) is 13.4. The monoisotopic (exact) mass is 539 g/mol. The average Bonchev–Trinajstić information content (AvgIpc) is 3.51. The maximum atomic E-state index is 15.9. The molecule has 0 radical (unpaired) electrons. The van der Waals surface area contributed by atoms with Gasteiger partial charge in [-0.1, -0.05) is 38.7 Å². The van der Waals surface area contributed by atoms with Crippen molar-refractivity contribution in [2.75, 3.05) is 11.1 Å². The Kier molecular flexibility index (Phi) is 10.0. The van der Waals surface area contributed by atoms with Gasteiger partial charge in [0.05, 0.1) is 17.6 Å². The molecule has 200 valence electrons. The number of benzene rings is 1. The second-order valence-corrected chi connectivity index (χ2v) is 10.3. The number of H-pyrrole nitrogens is 1. The first-order chi connectivity index (χ1) is 18.8. The van der Waals surface area contributed by atoms with Crippen LogP contribution in [-0.2, 0) is 6.42 Å². The van der Waals surface area contributed by atoms with Crippen molar-refractivity contribution >= 4 is 28.3 Å². The van der Waals surface area contributed by atoms with Gasteiger partial charge in [0.2, 0.25) is 0 Å². The molecule has 0 aliphatic carbocycles. The molecule has 4 N–H and O–H groups in total. The Labute approximate surface area is 234 Å². The van der Waals surface area contributed by atoms with E-state index in [2.05, 4.69) is 67.3 Å². The lowest BCUT2D eigenvalue weighted by Gasteiger charge is -2.13. The summed E-state index contributed by atoms with van der Waals surface area (Å²) in [6.07, 6.45) is 17.1. The molecule has 1 aromatic carbocycles. The maximum absolute atomic E-state index is 15.9. The molecule has 0 unspecified atom stereocenters.